The van der Waals surface area contributed by atoms with Crippen molar-refractivity contribution in [1.29, 1.82) is 0 Å². The minimum Gasteiger partial charge on any atom is -0.373 e. The molecule has 0 bridgehead atoms. The Labute approximate surface area is 118 Å². The van der Waals surface area contributed by atoms with Crippen LogP contribution < -0.4 is 5.32 Å². The molecular formula is C16H19N3O. The molecule has 0 aliphatic heterocycles. The van der Waals surface area contributed by atoms with Crippen LogP contribution in [0.2, 0.25) is 0 Å². The first-order chi connectivity index (χ1) is 9.74. The van der Waals surface area contributed by atoms with Crippen molar-refractivity contribution in [3.8, 4) is 0 Å². The fourth-order valence-corrected chi connectivity index (χ4v) is 2.59. The van der Waals surface area contributed by atoms with Gasteiger partial charge < -0.3 is 10.2 Å². The Morgan fingerprint density at radius 1 is 1.40 bits per heavy atom. The van der Waals surface area contributed by atoms with E-state index in [-0.39, 0.29) is 5.91 Å². The van der Waals surface area contributed by atoms with Gasteiger partial charge in [-0.05, 0) is 31.9 Å². The molecule has 2 aromatic rings. The highest BCUT2D eigenvalue weighted by atomic mass is 16.2. The van der Waals surface area contributed by atoms with Gasteiger partial charge in [0, 0.05) is 25.0 Å². The van der Waals surface area contributed by atoms with Crippen LogP contribution in [-0.2, 0) is 0 Å². The normalized spacial score (nSPS) is 14.3. The molecular weight excluding hydrogens is 250 g/mol. The summed E-state index contributed by atoms with van der Waals surface area (Å²) in [5.74, 6) is 0.851. The molecule has 1 aliphatic carbocycles. The summed E-state index contributed by atoms with van der Waals surface area (Å²) >= 11 is 0. The molecule has 0 spiro atoms. The molecule has 0 saturated heterocycles. The van der Waals surface area contributed by atoms with Crippen LogP contribution in [0.5, 0.6) is 0 Å². The molecule has 1 heterocycles. The van der Waals surface area contributed by atoms with Crippen molar-refractivity contribution in [1.82, 2.24) is 9.88 Å². The number of rotatable bonds is 4. The largest absolute Gasteiger partial charge is 0.373 e. The number of anilines is 1. The second kappa shape index (κ2) is 5.12. The van der Waals surface area contributed by atoms with E-state index in [1.807, 2.05) is 49.2 Å². The molecule has 0 unspecified atom stereocenters. The third-order valence-electron chi connectivity index (χ3n) is 3.79. The van der Waals surface area contributed by atoms with Gasteiger partial charge in [0.15, 0.2) is 0 Å². The summed E-state index contributed by atoms with van der Waals surface area (Å²) in [6.07, 6.45) is 2.25. The lowest BCUT2D eigenvalue weighted by atomic mass is 10.1. The number of pyridine rings is 1. The fourth-order valence-electron chi connectivity index (χ4n) is 2.59. The number of carbonyl (C=O) groups is 1. The Balaban J connectivity index is 2.11. The number of hydrogen-bond donors (Lipinski definition) is 1. The predicted molar refractivity (Wildman–Crippen MR) is 81.0 cm³/mol. The maximum Gasteiger partial charge on any atom is 0.254 e. The third kappa shape index (κ3) is 2.22. The van der Waals surface area contributed by atoms with E-state index in [9.17, 15) is 4.79 Å². The first-order valence-electron chi connectivity index (χ1n) is 7.13. The van der Waals surface area contributed by atoms with Gasteiger partial charge in [-0.15, -0.1) is 0 Å². The van der Waals surface area contributed by atoms with E-state index in [1.165, 1.54) is 0 Å². The van der Waals surface area contributed by atoms with Gasteiger partial charge in [0.25, 0.3) is 5.91 Å². The highest BCUT2D eigenvalue weighted by Gasteiger charge is 2.32. The number of amides is 1. The summed E-state index contributed by atoms with van der Waals surface area (Å²) in [6.45, 7) is 2.80. The van der Waals surface area contributed by atoms with E-state index in [4.69, 9.17) is 0 Å². The van der Waals surface area contributed by atoms with Crippen molar-refractivity contribution in [2.45, 2.75) is 25.8 Å². The van der Waals surface area contributed by atoms with Crippen molar-refractivity contribution in [3.63, 3.8) is 0 Å². The predicted octanol–water partition coefficient (Wildman–Crippen LogP) is 2.90. The maximum atomic E-state index is 12.8. The Bertz CT molecular complexity index is 649. The summed E-state index contributed by atoms with van der Waals surface area (Å²) in [5.41, 5.74) is 1.60. The Kier molecular flexibility index (Phi) is 3.30. The fraction of sp³-hybridized carbons (Fsp3) is 0.375. The number of para-hydroxylation sites is 1. The Morgan fingerprint density at radius 2 is 2.15 bits per heavy atom. The lowest BCUT2D eigenvalue weighted by molar-refractivity contribution is 0.0754. The summed E-state index contributed by atoms with van der Waals surface area (Å²) < 4.78 is 0. The summed E-state index contributed by atoms with van der Waals surface area (Å²) in [6, 6.07) is 10.1. The third-order valence-corrected chi connectivity index (χ3v) is 3.79. The molecule has 4 heteroatoms. The highest BCUT2D eigenvalue weighted by molar-refractivity contribution is 6.07. The van der Waals surface area contributed by atoms with Gasteiger partial charge in [-0.1, -0.05) is 18.2 Å². The van der Waals surface area contributed by atoms with Gasteiger partial charge in [-0.3, -0.25) is 4.79 Å². The molecule has 1 amide bonds. The van der Waals surface area contributed by atoms with Crippen LogP contribution in [-0.4, -0.2) is 35.4 Å². The Hall–Kier alpha value is -2.10. The minimum absolute atomic E-state index is 0.116. The summed E-state index contributed by atoms with van der Waals surface area (Å²) in [5, 5.41) is 3.96. The first-order valence-corrected chi connectivity index (χ1v) is 7.13. The van der Waals surface area contributed by atoms with Crippen LogP contribution >= 0.6 is 0 Å². The average Bonchev–Trinajstić information content (AvgIpc) is 3.31. The summed E-state index contributed by atoms with van der Waals surface area (Å²) in [7, 11) is 1.82. The van der Waals surface area contributed by atoms with Crippen molar-refractivity contribution >= 4 is 22.6 Å². The van der Waals surface area contributed by atoms with E-state index in [0.717, 1.165) is 41.7 Å². The standard InChI is InChI=1S/C16H19N3O/c1-3-19(11-8-9-11)16(20)13-10-15(17-2)18-14-7-5-4-6-12(13)14/h4-7,10-11H,3,8-9H2,1-2H3,(H,17,18). The van der Waals surface area contributed by atoms with Gasteiger partial charge >= 0.3 is 0 Å². The SMILES string of the molecule is CCN(C(=O)c1cc(NC)nc2ccccc12)C1CC1. The average molecular weight is 269 g/mol. The quantitative estimate of drug-likeness (QED) is 0.928. The number of nitrogens with one attached hydrogen (secondary N) is 1. The summed E-state index contributed by atoms with van der Waals surface area (Å²) in [4.78, 5) is 19.3. The minimum atomic E-state index is 0.116. The van der Waals surface area contributed by atoms with Crippen molar-refractivity contribution in [3.05, 3.63) is 35.9 Å². The van der Waals surface area contributed by atoms with Crippen LogP contribution in [0.3, 0.4) is 0 Å². The number of hydrogen-bond acceptors (Lipinski definition) is 3. The van der Waals surface area contributed by atoms with Crippen LogP contribution in [0, 0.1) is 0 Å². The highest BCUT2D eigenvalue weighted by Crippen LogP contribution is 2.30. The molecule has 20 heavy (non-hydrogen) atoms. The van der Waals surface area contributed by atoms with Crippen LogP contribution in [0.15, 0.2) is 30.3 Å². The van der Waals surface area contributed by atoms with E-state index >= 15 is 0 Å². The number of carbonyl (C=O) groups excluding carboxylic acids is 1. The van der Waals surface area contributed by atoms with Gasteiger partial charge in [0.05, 0.1) is 11.1 Å². The van der Waals surface area contributed by atoms with Crippen LogP contribution in [0.25, 0.3) is 10.9 Å². The second-order valence-electron chi connectivity index (χ2n) is 5.14. The molecule has 1 aromatic heterocycles. The number of fused-ring (bicyclic) bond motifs is 1. The smallest absolute Gasteiger partial charge is 0.254 e. The number of aromatic nitrogens is 1. The molecule has 1 aromatic carbocycles. The molecule has 1 aliphatic rings. The van der Waals surface area contributed by atoms with Gasteiger partial charge in [-0.25, -0.2) is 4.98 Å². The van der Waals surface area contributed by atoms with Crippen molar-refractivity contribution in [2.24, 2.45) is 0 Å². The number of benzene rings is 1. The number of nitrogens with zero attached hydrogens (tertiary/aromatic N) is 2. The second-order valence-corrected chi connectivity index (χ2v) is 5.14. The molecule has 1 fully saturated rings. The van der Waals surface area contributed by atoms with Gasteiger partial charge in [0.1, 0.15) is 5.82 Å². The van der Waals surface area contributed by atoms with E-state index < -0.39 is 0 Å². The molecule has 0 atom stereocenters. The maximum absolute atomic E-state index is 12.8. The van der Waals surface area contributed by atoms with Gasteiger partial charge in [-0.2, -0.15) is 0 Å². The zero-order valence-electron chi connectivity index (χ0n) is 11.9. The Morgan fingerprint density at radius 3 is 2.80 bits per heavy atom. The lowest BCUT2D eigenvalue weighted by Gasteiger charge is -2.21. The zero-order valence-corrected chi connectivity index (χ0v) is 11.9. The molecule has 4 nitrogen and oxygen atoms in total. The van der Waals surface area contributed by atoms with Crippen LogP contribution in [0.1, 0.15) is 30.1 Å². The van der Waals surface area contributed by atoms with E-state index in [0.29, 0.717) is 6.04 Å². The van der Waals surface area contributed by atoms with Gasteiger partial charge in [0.2, 0.25) is 0 Å². The lowest BCUT2D eigenvalue weighted by Crippen LogP contribution is -2.33. The first kappa shape index (κ1) is 12.9. The zero-order chi connectivity index (χ0) is 14.1. The van der Waals surface area contributed by atoms with Crippen LogP contribution in [0.4, 0.5) is 5.82 Å². The van der Waals surface area contributed by atoms with Crippen molar-refractivity contribution < 1.29 is 4.79 Å². The monoisotopic (exact) mass is 269 g/mol. The molecule has 104 valence electrons. The molecule has 3 rings (SSSR count). The topological polar surface area (TPSA) is 45.2 Å². The molecule has 1 N–H and O–H groups in total. The van der Waals surface area contributed by atoms with E-state index in [2.05, 4.69) is 10.3 Å². The molecule has 0 radical (unpaired) electrons. The molecule has 1 saturated carbocycles. The van der Waals surface area contributed by atoms with E-state index in [1.54, 1.807) is 0 Å². The van der Waals surface area contributed by atoms with Crippen molar-refractivity contribution in [2.75, 3.05) is 18.9 Å².